The molecule has 0 radical (unpaired) electrons. The minimum atomic E-state index is 0.428. The highest BCUT2D eigenvalue weighted by atomic mass is 16.5. The monoisotopic (exact) mass is 326 g/mol. The number of para-hydroxylation sites is 1. The van der Waals surface area contributed by atoms with Crippen molar-refractivity contribution in [3.8, 4) is 11.5 Å². The maximum Gasteiger partial charge on any atom is 0.142 e. The van der Waals surface area contributed by atoms with E-state index >= 15 is 0 Å². The molecule has 0 fully saturated rings. The number of benzene rings is 2. The Labute approximate surface area is 144 Å². The maximum absolute atomic E-state index is 5.65. The van der Waals surface area contributed by atoms with Crippen LogP contribution in [0.15, 0.2) is 42.5 Å². The van der Waals surface area contributed by atoms with Crippen molar-refractivity contribution in [1.29, 1.82) is 0 Å². The van der Waals surface area contributed by atoms with E-state index in [0.29, 0.717) is 6.04 Å². The fraction of sp³-hybridized carbons (Fsp3) is 0.400. The van der Waals surface area contributed by atoms with E-state index in [0.717, 1.165) is 49.7 Å². The molecular formula is C20H26N2O2. The second kappa shape index (κ2) is 8.06. The zero-order valence-corrected chi connectivity index (χ0v) is 14.5. The molecule has 2 aromatic carbocycles. The van der Waals surface area contributed by atoms with Crippen LogP contribution in [0, 0.1) is 0 Å². The zero-order valence-electron chi connectivity index (χ0n) is 14.5. The van der Waals surface area contributed by atoms with Crippen molar-refractivity contribution in [3.63, 3.8) is 0 Å². The van der Waals surface area contributed by atoms with Crippen LogP contribution in [0.3, 0.4) is 0 Å². The normalized spacial score (nSPS) is 14.2. The van der Waals surface area contributed by atoms with Crippen molar-refractivity contribution in [2.24, 2.45) is 0 Å². The number of nitrogens with one attached hydrogen (secondary N) is 2. The molecule has 1 atom stereocenters. The highest BCUT2D eigenvalue weighted by Crippen LogP contribution is 2.28. The molecule has 4 nitrogen and oxygen atoms in total. The highest BCUT2D eigenvalue weighted by Gasteiger charge is 2.13. The van der Waals surface area contributed by atoms with E-state index in [1.54, 1.807) is 7.11 Å². The van der Waals surface area contributed by atoms with Gasteiger partial charge in [0.15, 0.2) is 0 Å². The molecule has 0 amide bonds. The van der Waals surface area contributed by atoms with Gasteiger partial charge in [-0.05, 0) is 36.6 Å². The van der Waals surface area contributed by atoms with Gasteiger partial charge in [-0.15, -0.1) is 0 Å². The molecule has 0 saturated carbocycles. The van der Waals surface area contributed by atoms with Gasteiger partial charge in [0.2, 0.25) is 0 Å². The average Bonchev–Trinajstić information content (AvgIpc) is 2.65. The molecule has 2 aromatic rings. The van der Waals surface area contributed by atoms with Gasteiger partial charge >= 0.3 is 0 Å². The Hall–Kier alpha value is -2.20. The Kier molecular flexibility index (Phi) is 5.59. The molecule has 128 valence electrons. The Morgan fingerprint density at radius 2 is 2.12 bits per heavy atom. The van der Waals surface area contributed by atoms with E-state index < -0.39 is 0 Å². The zero-order chi connectivity index (χ0) is 16.8. The summed E-state index contributed by atoms with van der Waals surface area (Å²) in [6.07, 6.45) is 2.08. The summed E-state index contributed by atoms with van der Waals surface area (Å²) >= 11 is 0. The number of anilines is 1. The Morgan fingerprint density at radius 3 is 2.96 bits per heavy atom. The van der Waals surface area contributed by atoms with Crippen LogP contribution < -0.4 is 20.1 Å². The first-order valence-corrected chi connectivity index (χ1v) is 8.65. The first kappa shape index (κ1) is 16.7. The van der Waals surface area contributed by atoms with Gasteiger partial charge in [0.05, 0.1) is 12.8 Å². The third-order valence-corrected chi connectivity index (χ3v) is 4.47. The third kappa shape index (κ3) is 4.01. The molecule has 3 rings (SSSR count). The van der Waals surface area contributed by atoms with E-state index in [9.17, 15) is 0 Å². The summed E-state index contributed by atoms with van der Waals surface area (Å²) in [7, 11) is 1.72. The second-order valence-corrected chi connectivity index (χ2v) is 6.11. The summed E-state index contributed by atoms with van der Waals surface area (Å²) in [5, 5.41) is 7.06. The SMILES string of the molecule is CCC(Cc1ccc2c(c1)NCCO2)NCc1ccccc1OC. The predicted octanol–water partition coefficient (Wildman–Crippen LogP) is 3.61. The molecule has 2 N–H and O–H groups in total. The fourth-order valence-electron chi connectivity index (χ4n) is 3.06. The van der Waals surface area contributed by atoms with Crippen LogP contribution in [0.25, 0.3) is 0 Å². The second-order valence-electron chi connectivity index (χ2n) is 6.11. The van der Waals surface area contributed by atoms with Crippen molar-refractivity contribution in [2.75, 3.05) is 25.6 Å². The van der Waals surface area contributed by atoms with Gasteiger partial charge in [-0.3, -0.25) is 0 Å². The van der Waals surface area contributed by atoms with Crippen LogP contribution in [0.1, 0.15) is 24.5 Å². The maximum atomic E-state index is 5.65. The smallest absolute Gasteiger partial charge is 0.142 e. The van der Waals surface area contributed by atoms with Crippen molar-refractivity contribution in [2.45, 2.75) is 32.4 Å². The lowest BCUT2D eigenvalue weighted by Crippen LogP contribution is -2.30. The molecule has 4 heteroatoms. The molecule has 1 aliphatic heterocycles. The van der Waals surface area contributed by atoms with E-state index in [1.165, 1.54) is 11.1 Å². The lowest BCUT2D eigenvalue weighted by atomic mass is 10.0. The minimum Gasteiger partial charge on any atom is -0.496 e. The molecule has 1 unspecified atom stereocenters. The molecule has 0 aliphatic carbocycles. The summed E-state index contributed by atoms with van der Waals surface area (Å²) in [6.45, 7) is 4.65. The van der Waals surface area contributed by atoms with Gasteiger partial charge in [-0.2, -0.15) is 0 Å². The first-order chi connectivity index (χ1) is 11.8. The summed E-state index contributed by atoms with van der Waals surface area (Å²) in [5.74, 6) is 1.90. The van der Waals surface area contributed by atoms with Gasteiger partial charge in [0.1, 0.15) is 18.1 Å². The number of methoxy groups -OCH3 is 1. The molecular weight excluding hydrogens is 300 g/mol. The van der Waals surface area contributed by atoms with Crippen molar-refractivity contribution >= 4 is 5.69 Å². The number of rotatable bonds is 7. The Bertz CT molecular complexity index is 672. The molecule has 0 spiro atoms. The standard InChI is InChI=1S/C20H26N2O2/c1-3-17(22-14-16-6-4-5-7-19(16)23-2)12-15-8-9-20-18(13-15)21-10-11-24-20/h4-9,13,17,21-22H,3,10-12,14H2,1-2H3. The molecule has 0 bridgehead atoms. The number of hydrogen-bond acceptors (Lipinski definition) is 4. The minimum absolute atomic E-state index is 0.428. The van der Waals surface area contributed by atoms with Gasteiger partial charge in [-0.1, -0.05) is 31.2 Å². The topological polar surface area (TPSA) is 42.5 Å². The van der Waals surface area contributed by atoms with Crippen LogP contribution in [0.2, 0.25) is 0 Å². The Balaban J connectivity index is 1.62. The third-order valence-electron chi connectivity index (χ3n) is 4.47. The van der Waals surface area contributed by atoms with Gasteiger partial charge in [0, 0.05) is 24.7 Å². The molecule has 0 aromatic heterocycles. The number of ether oxygens (including phenoxy) is 2. The largest absolute Gasteiger partial charge is 0.496 e. The summed E-state index contributed by atoms with van der Waals surface area (Å²) in [5.41, 5.74) is 3.63. The van der Waals surface area contributed by atoms with Gasteiger partial charge in [0.25, 0.3) is 0 Å². The summed E-state index contributed by atoms with van der Waals surface area (Å²) in [4.78, 5) is 0. The highest BCUT2D eigenvalue weighted by molar-refractivity contribution is 5.59. The average molecular weight is 326 g/mol. The van der Waals surface area contributed by atoms with Crippen LogP contribution in [0.4, 0.5) is 5.69 Å². The molecule has 1 aliphatic rings. The van der Waals surface area contributed by atoms with E-state index in [4.69, 9.17) is 9.47 Å². The number of hydrogen-bond donors (Lipinski definition) is 2. The van der Waals surface area contributed by atoms with Crippen molar-refractivity contribution in [3.05, 3.63) is 53.6 Å². The molecule has 0 saturated heterocycles. The van der Waals surface area contributed by atoms with Crippen molar-refractivity contribution < 1.29 is 9.47 Å². The number of fused-ring (bicyclic) bond motifs is 1. The Morgan fingerprint density at radius 1 is 1.25 bits per heavy atom. The predicted molar refractivity (Wildman–Crippen MR) is 98.0 cm³/mol. The van der Waals surface area contributed by atoms with E-state index in [1.807, 2.05) is 12.1 Å². The quantitative estimate of drug-likeness (QED) is 0.816. The van der Waals surface area contributed by atoms with Crippen LogP contribution in [0.5, 0.6) is 11.5 Å². The molecule has 24 heavy (non-hydrogen) atoms. The van der Waals surface area contributed by atoms with Gasteiger partial charge < -0.3 is 20.1 Å². The van der Waals surface area contributed by atoms with Crippen LogP contribution >= 0.6 is 0 Å². The first-order valence-electron chi connectivity index (χ1n) is 8.65. The van der Waals surface area contributed by atoms with Crippen LogP contribution in [-0.2, 0) is 13.0 Å². The fourth-order valence-corrected chi connectivity index (χ4v) is 3.06. The van der Waals surface area contributed by atoms with E-state index in [-0.39, 0.29) is 0 Å². The van der Waals surface area contributed by atoms with E-state index in [2.05, 4.69) is 47.9 Å². The van der Waals surface area contributed by atoms with Crippen molar-refractivity contribution in [1.82, 2.24) is 5.32 Å². The van der Waals surface area contributed by atoms with Gasteiger partial charge in [-0.25, -0.2) is 0 Å². The summed E-state index contributed by atoms with van der Waals surface area (Å²) in [6, 6.07) is 15.0. The molecule has 1 heterocycles. The van der Waals surface area contributed by atoms with Crippen LogP contribution in [-0.4, -0.2) is 26.3 Å². The lowest BCUT2D eigenvalue weighted by Gasteiger charge is -2.22. The summed E-state index contributed by atoms with van der Waals surface area (Å²) < 4.78 is 11.1. The lowest BCUT2D eigenvalue weighted by molar-refractivity contribution is 0.323.